The van der Waals surface area contributed by atoms with E-state index in [1.807, 2.05) is 43.0 Å². The summed E-state index contributed by atoms with van der Waals surface area (Å²) in [7, 11) is 6.40. The molecular weight excluding hydrogens is 338 g/mol. The smallest absolute Gasteiger partial charge is 0.253 e. The third kappa shape index (κ3) is 7.24. The number of carbonyl (C=O) groups excluding carboxylic acids is 1. The van der Waals surface area contributed by atoms with Crippen LogP contribution >= 0.6 is 0 Å². The van der Waals surface area contributed by atoms with Crippen molar-refractivity contribution < 1.29 is 9.90 Å². The second-order valence-electron chi connectivity index (χ2n) is 8.82. The van der Waals surface area contributed by atoms with E-state index in [1.54, 1.807) is 0 Å². The van der Waals surface area contributed by atoms with Crippen molar-refractivity contribution in [3.8, 4) is 0 Å². The minimum Gasteiger partial charge on any atom is -0.390 e. The van der Waals surface area contributed by atoms with Gasteiger partial charge in [-0.05, 0) is 78.4 Å². The van der Waals surface area contributed by atoms with Crippen LogP contribution in [0.15, 0.2) is 24.3 Å². The molecule has 0 saturated carbocycles. The maximum absolute atomic E-state index is 12.9. The van der Waals surface area contributed by atoms with E-state index in [4.69, 9.17) is 0 Å². The van der Waals surface area contributed by atoms with Crippen molar-refractivity contribution in [1.29, 1.82) is 0 Å². The molecule has 1 heterocycles. The Morgan fingerprint density at radius 1 is 1.19 bits per heavy atom. The molecule has 0 aromatic heterocycles. The van der Waals surface area contributed by atoms with E-state index in [9.17, 15) is 9.90 Å². The Labute approximate surface area is 164 Å². The summed E-state index contributed by atoms with van der Waals surface area (Å²) in [6.45, 7) is 7.42. The van der Waals surface area contributed by atoms with E-state index in [1.165, 1.54) is 0 Å². The fourth-order valence-electron chi connectivity index (χ4n) is 3.54. The SMILES string of the molecule is CN(C)CCN(C)C1CCN(C(=O)c2cccc(CCC(C)(C)O)c2)CC1. The van der Waals surface area contributed by atoms with Crippen molar-refractivity contribution >= 4 is 5.91 Å². The quantitative estimate of drug-likeness (QED) is 0.758. The molecular formula is C22H37N3O2. The molecule has 1 saturated heterocycles. The van der Waals surface area contributed by atoms with Crippen LogP contribution in [0.1, 0.15) is 49.0 Å². The number of benzene rings is 1. The number of rotatable bonds is 8. The van der Waals surface area contributed by atoms with Gasteiger partial charge in [0.2, 0.25) is 0 Å². The second-order valence-corrected chi connectivity index (χ2v) is 8.82. The van der Waals surface area contributed by atoms with Gasteiger partial charge in [-0.25, -0.2) is 0 Å². The molecule has 0 unspecified atom stereocenters. The molecule has 5 nitrogen and oxygen atoms in total. The van der Waals surface area contributed by atoms with Crippen LogP contribution in [0, 0.1) is 0 Å². The van der Waals surface area contributed by atoms with Gasteiger partial charge in [-0.1, -0.05) is 12.1 Å². The van der Waals surface area contributed by atoms with Crippen molar-refractivity contribution in [2.24, 2.45) is 0 Å². The van der Waals surface area contributed by atoms with Crippen LogP contribution < -0.4 is 0 Å². The Hall–Kier alpha value is -1.43. The zero-order valence-corrected chi connectivity index (χ0v) is 17.7. The van der Waals surface area contributed by atoms with Gasteiger partial charge in [0, 0.05) is 37.8 Å². The average Bonchev–Trinajstić information content (AvgIpc) is 2.63. The molecule has 0 atom stereocenters. The van der Waals surface area contributed by atoms with Crippen LogP contribution in [-0.2, 0) is 6.42 Å². The average molecular weight is 376 g/mol. The Morgan fingerprint density at radius 3 is 2.44 bits per heavy atom. The molecule has 1 aromatic carbocycles. The predicted molar refractivity (Wildman–Crippen MR) is 111 cm³/mol. The lowest BCUT2D eigenvalue weighted by Gasteiger charge is -2.37. The van der Waals surface area contributed by atoms with Gasteiger partial charge in [-0.15, -0.1) is 0 Å². The van der Waals surface area contributed by atoms with E-state index >= 15 is 0 Å². The standard InChI is InChI=1S/C22H37N3O2/c1-22(2,27)12-9-18-7-6-8-19(17-18)21(26)25-13-10-20(11-14-25)24(5)16-15-23(3)4/h6-8,17,20,27H,9-16H2,1-5H3. The molecule has 152 valence electrons. The van der Waals surface area contributed by atoms with Crippen LogP contribution in [-0.4, -0.2) is 84.7 Å². The number of aliphatic hydroxyl groups is 1. The summed E-state index contributed by atoms with van der Waals surface area (Å²) in [4.78, 5) is 19.5. The van der Waals surface area contributed by atoms with Crippen molar-refractivity contribution in [3.63, 3.8) is 0 Å². The summed E-state index contributed by atoms with van der Waals surface area (Å²) in [6, 6.07) is 8.45. The molecule has 1 N–H and O–H groups in total. The number of likely N-dealkylation sites (tertiary alicyclic amines) is 1. The van der Waals surface area contributed by atoms with Gasteiger partial charge in [-0.3, -0.25) is 4.79 Å². The lowest BCUT2D eigenvalue weighted by Crippen LogP contribution is -2.46. The predicted octanol–water partition coefficient (Wildman–Crippen LogP) is 2.49. The monoisotopic (exact) mass is 375 g/mol. The Bertz CT molecular complexity index is 602. The number of piperidine rings is 1. The first-order valence-corrected chi connectivity index (χ1v) is 10.1. The molecule has 5 heteroatoms. The van der Waals surface area contributed by atoms with Crippen LogP contribution in [0.3, 0.4) is 0 Å². The summed E-state index contributed by atoms with van der Waals surface area (Å²) in [5, 5.41) is 9.92. The fraction of sp³-hybridized carbons (Fsp3) is 0.682. The highest BCUT2D eigenvalue weighted by Gasteiger charge is 2.26. The number of hydrogen-bond donors (Lipinski definition) is 1. The largest absolute Gasteiger partial charge is 0.390 e. The maximum Gasteiger partial charge on any atom is 0.253 e. The molecule has 1 aliphatic heterocycles. The molecule has 2 rings (SSSR count). The summed E-state index contributed by atoms with van der Waals surface area (Å²) in [5.41, 5.74) is 1.20. The number of aryl methyl sites for hydroxylation is 1. The number of hydrogen-bond acceptors (Lipinski definition) is 4. The first-order valence-electron chi connectivity index (χ1n) is 10.1. The zero-order chi connectivity index (χ0) is 20.0. The van der Waals surface area contributed by atoms with E-state index in [0.717, 1.165) is 56.6 Å². The number of carbonyl (C=O) groups is 1. The summed E-state index contributed by atoms with van der Waals surface area (Å²) < 4.78 is 0. The third-order valence-corrected chi connectivity index (χ3v) is 5.47. The molecule has 0 radical (unpaired) electrons. The van der Waals surface area contributed by atoms with Gasteiger partial charge in [0.05, 0.1) is 5.60 Å². The minimum atomic E-state index is -0.680. The number of likely N-dealkylation sites (N-methyl/N-ethyl adjacent to an activating group) is 2. The van der Waals surface area contributed by atoms with E-state index in [0.29, 0.717) is 12.5 Å². The summed E-state index contributed by atoms with van der Waals surface area (Å²) in [6.07, 6.45) is 3.54. The van der Waals surface area contributed by atoms with Crippen molar-refractivity contribution in [1.82, 2.24) is 14.7 Å². The van der Waals surface area contributed by atoms with E-state index in [2.05, 4.69) is 30.9 Å². The van der Waals surface area contributed by atoms with Gasteiger partial charge in [0.1, 0.15) is 0 Å². The molecule has 0 bridgehead atoms. The van der Waals surface area contributed by atoms with E-state index in [-0.39, 0.29) is 5.91 Å². The van der Waals surface area contributed by atoms with Crippen LogP contribution in [0.5, 0.6) is 0 Å². The number of nitrogens with zero attached hydrogens (tertiary/aromatic N) is 3. The molecule has 27 heavy (non-hydrogen) atoms. The van der Waals surface area contributed by atoms with Crippen molar-refractivity contribution in [2.45, 2.75) is 51.2 Å². The summed E-state index contributed by atoms with van der Waals surface area (Å²) >= 11 is 0. The lowest BCUT2D eigenvalue weighted by atomic mass is 9.97. The van der Waals surface area contributed by atoms with Gasteiger partial charge in [0.15, 0.2) is 0 Å². The fourth-order valence-corrected chi connectivity index (χ4v) is 3.54. The lowest BCUT2D eigenvalue weighted by molar-refractivity contribution is 0.0641. The Balaban J connectivity index is 1.88. The van der Waals surface area contributed by atoms with Gasteiger partial charge in [0.25, 0.3) is 5.91 Å². The molecule has 0 aliphatic carbocycles. The highest BCUT2D eigenvalue weighted by atomic mass is 16.3. The molecule has 0 spiro atoms. The Morgan fingerprint density at radius 2 is 1.85 bits per heavy atom. The summed E-state index contributed by atoms with van der Waals surface area (Å²) in [5.74, 6) is 0.134. The van der Waals surface area contributed by atoms with Crippen LogP contribution in [0.25, 0.3) is 0 Å². The highest BCUT2D eigenvalue weighted by Crippen LogP contribution is 2.19. The second kappa shape index (κ2) is 9.67. The third-order valence-electron chi connectivity index (χ3n) is 5.47. The molecule has 1 fully saturated rings. The number of amides is 1. The minimum absolute atomic E-state index is 0.134. The topological polar surface area (TPSA) is 47.0 Å². The van der Waals surface area contributed by atoms with E-state index < -0.39 is 5.60 Å². The normalized spacial score (nSPS) is 16.4. The molecule has 1 amide bonds. The first kappa shape index (κ1) is 21.9. The van der Waals surface area contributed by atoms with Gasteiger partial charge >= 0.3 is 0 Å². The van der Waals surface area contributed by atoms with Crippen LogP contribution in [0.4, 0.5) is 0 Å². The van der Waals surface area contributed by atoms with Crippen LogP contribution in [0.2, 0.25) is 0 Å². The first-order chi connectivity index (χ1) is 12.7. The molecule has 1 aromatic rings. The highest BCUT2D eigenvalue weighted by molar-refractivity contribution is 5.94. The van der Waals surface area contributed by atoms with Crippen molar-refractivity contribution in [2.75, 3.05) is 47.3 Å². The zero-order valence-electron chi connectivity index (χ0n) is 17.7. The maximum atomic E-state index is 12.9. The van der Waals surface area contributed by atoms with Gasteiger partial charge < -0.3 is 19.8 Å². The van der Waals surface area contributed by atoms with Gasteiger partial charge in [-0.2, -0.15) is 0 Å². The Kier molecular flexibility index (Phi) is 7.83. The molecule has 1 aliphatic rings. The van der Waals surface area contributed by atoms with Crippen molar-refractivity contribution in [3.05, 3.63) is 35.4 Å².